The minimum atomic E-state index is -0.123. The van der Waals surface area contributed by atoms with E-state index in [0.717, 1.165) is 11.3 Å². The SMILES string of the molecule is COc1ccccc1CC(C)N(C)C(=O)c1ccc(N)cn1.Cl. The number of amides is 1. The molecule has 23 heavy (non-hydrogen) atoms. The molecule has 1 unspecified atom stereocenters. The van der Waals surface area contributed by atoms with Gasteiger partial charge in [-0.15, -0.1) is 12.4 Å². The lowest BCUT2D eigenvalue weighted by Gasteiger charge is -2.25. The molecular weight excluding hydrogens is 314 g/mol. The van der Waals surface area contributed by atoms with Crippen LogP contribution in [0.1, 0.15) is 23.0 Å². The van der Waals surface area contributed by atoms with Crippen LogP contribution in [0.4, 0.5) is 5.69 Å². The maximum absolute atomic E-state index is 12.4. The van der Waals surface area contributed by atoms with Gasteiger partial charge in [0, 0.05) is 13.1 Å². The Morgan fingerprint density at radius 2 is 2.00 bits per heavy atom. The Labute approximate surface area is 142 Å². The summed E-state index contributed by atoms with van der Waals surface area (Å²) in [5, 5.41) is 0. The monoisotopic (exact) mass is 335 g/mol. The van der Waals surface area contributed by atoms with Crippen LogP contribution >= 0.6 is 12.4 Å². The fourth-order valence-corrected chi connectivity index (χ4v) is 2.24. The maximum Gasteiger partial charge on any atom is 0.272 e. The van der Waals surface area contributed by atoms with Crippen molar-refractivity contribution in [2.45, 2.75) is 19.4 Å². The second-order valence-corrected chi connectivity index (χ2v) is 5.26. The van der Waals surface area contributed by atoms with Crippen molar-refractivity contribution in [3.05, 3.63) is 53.9 Å². The van der Waals surface area contributed by atoms with E-state index in [4.69, 9.17) is 10.5 Å². The van der Waals surface area contributed by atoms with Crippen molar-refractivity contribution in [1.29, 1.82) is 0 Å². The van der Waals surface area contributed by atoms with Crippen LogP contribution in [0, 0.1) is 0 Å². The fraction of sp³-hybridized carbons (Fsp3) is 0.294. The number of carbonyl (C=O) groups excluding carboxylic acids is 1. The molecule has 0 saturated carbocycles. The Morgan fingerprint density at radius 1 is 1.30 bits per heavy atom. The first-order valence-electron chi connectivity index (χ1n) is 7.13. The third-order valence-electron chi connectivity index (χ3n) is 3.69. The van der Waals surface area contributed by atoms with Gasteiger partial charge >= 0.3 is 0 Å². The molecule has 0 radical (unpaired) electrons. The summed E-state index contributed by atoms with van der Waals surface area (Å²) in [6.45, 7) is 2.00. The zero-order valence-corrected chi connectivity index (χ0v) is 14.3. The summed E-state index contributed by atoms with van der Waals surface area (Å²) >= 11 is 0. The van der Waals surface area contributed by atoms with Crippen LogP contribution in [0.25, 0.3) is 0 Å². The zero-order valence-electron chi connectivity index (χ0n) is 13.5. The van der Waals surface area contributed by atoms with Crippen molar-refractivity contribution in [3.63, 3.8) is 0 Å². The molecule has 0 aliphatic rings. The zero-order chi connectivity index (χ0) is 16.1. The van der Waals surface area contributed by atoms with Gasteiger partial charge in [0.2, 0.25) is 0 Å². The first-order valence-corrected chi connectivity index (χ1v) is 7.13. The van der Waals surface area contributed by atoms with Crippen LogP contribution in [-0.4, -0.2) is 36.0 Å². The highest BCUT2D eigenvalue weighted by atomic mass is 35.5. The molecular formula is C17H22ClN3O2. The fourth-order valence-electron chi connectivity index (χ4n) is 2.24. The second-order valence-electron chi connectivity index (χ2n) is 5.26. The van der Waals surface area contributed by atoms with E-state index in [1.807, 2.05) is 31.2 Å². The molecule has 2 N–H and O–H groups in total. The van der Waals surface area contributed by atoms with Crippen LogP contribution in [-0.2, 0) is 6.42 Å². The van der Waals surface area contributed by atoms with Crippen molar-refractivity contribution in [2.24, 2.45) is 0 Å². The van der Waals surface area contributed by atoms with Crippen LogP contribution in [0.5, 0.6) is 5.75 Å². The number of pyridine rings is 1. The van der Waals surface area contributed by atoms with E-state index in [2.05, 4.69) is 4.98 Å². The molecule has 2 rings (SSSR count). The second kappa shape index (κ2) is 8.39. The van der Waals surface area contributed by atoms with Crippen molar-refractivity contribution in [2.75, 3.05) is 19.9 Å². The lowest BCUT2D eigenvalue weighted by atomic mass is 10.0. The van der Waals surface area contributed by atoms with Gasteiger partial charge in [-0.05, 0) is 37.1 Å². The van der Waals surface area contributed by atoms with E-state index in [-0.39, 0.29) is 24.4 Å². The maximum atomic E-state index is 12.4. The number of para-hydroxylation sites is 1. The van der Waals surface area contributed by atoms with Crippen LogP contribution < -0.4 is 10.5 Å². The summed E-state index contributed by atoms with van der Waals surface area (Å²) in [6, 6.07) is 11.2. The number of aromatic nitrogens is 1. The summed E-state index contributed by atoms with van der Waals surface area (Å²) in [7, 11) is 3.43. The molecule has 124 valence electrons. The third-order valence-corrected chi connectivity index (χ3v) is 3.69. The Kier molecular flexibility index (Phi) is 6.85. The van der Waals surface area contributed by atoms with Gasteiger partial charge in [0.15, 0.2) is 0 Å². The van der Waals surface area contributed by atoms with Gasteiger partial charge in [-0.1, -0.05) is 18.2 Å². The highest BCUT2D eigenvalue weighted by Crippen LogP contribution is 2.20. The van der Waals surface area contributed by atoms with Gasteiger partial charge in [-0.3, -0.25) is 4.79 Å². The van der Waals surface area contributed by atoms with Gasteiger partial charge < -0.3 is 15.4 Å². The Balaban J connectivity index is 0.00000264. The molecule has 1 aromatic carbocycles. The molecule has 0 saturated heterocycles. The number of nitrogens with zero attached hydrogens (tertiary/aromatic N) is 2. The number of carbonyl (C=O) groups is 1. The minimum Gasteiger partial charge on any atom is -0.496 e. The third kappa shape index (κ3) is 4.60. The summed E-state index contributed by atoms with van der Waals surface area (Å²) in [6.07, 6.45) is 2.20. The number of nitrogens with two attached hydrogens (primary N) is 1. The molecule has 2 aromatic rings. The molecule has 0 bridgehead atoms. The minimum absolute atomic E-state index is 0. The highest BCUT2D eigenvalue weighted by molar-refractivity contribution is 5.92. The van der Waals surface area contributed by atoms with E-state index >= 15 is 0 Å². The van der Waals surface area contributed by atoms with Gasteiger partial charge in [0.1, 0.15) is 11.4 Å². The number of rotatable bonds is 5. The van der Waals surface area contributed by atoms with E-state index in [9.17, 15) is 4.79 Å². The molecule has 1 atom stereocenters. The number of nitrogen functional groups attached to an aromatic ring is 1. The number of methoxy groups -OCH3 is 1. The average Bonchev–Trinajstić information content (AvgIpc) is 2.54. The quantitative estimate of drug-likeness (QED) is 0.912. The number of hydrogen-bond acceptors (Lipinski definition) is 4. The smallest absolute Gasteiger partial charge is 0.272 e. The summed E-state index contributed by atoms with van der Waals surface area (Å²) in [5.41, 5.74) is 7.60. The standard InChI is InChI=1S/C17H21N3O2.ClH/c1-12(10-13-6-4-5-7-16(13)22-3)20(2)17(21)15-9-8-14(18)11-19-15;/h4-9,11-12H,10,18H2,1-3H3;1H. The van der Waals surface area contributed by atoms with Crippen molar-refractivity contribution in [3.8, 4) is 5.75 Å². The number of likely N-dealkylation sites (N-methyl/N-ethyl adjacent to an activating group) is 1. The number of hydrogen-bond donors (Lipinski definition) is 1. The molecule has 0 fully saturated rings. The van der Waals surface area contributed by atoms with Crippen LogP contribution in [0.2, 0.25) is 0 Å². The van der Waals surface area contributed by atoms with Gasteiger partial charge in [-0.2, -0.15) is 0 Å². The molecule has 0 aliphatic heterocycles. The summed E-state index contributed by atoms with van der Waals surface area (Å²) in [5.74, 6) is 0.711. The lowest BCUT2D eigenvalue weighted by molar-refractivity contribution is 0.0737. The first-order chi connectivity index (χ1) is 10.5. The van der Waals surface area contributed by atoms with Crippen molar-refractivity contribution < 1.29 is 9.53 Å². The van der Waals surface area contributed by atoms with Gasteiger partial charge in [0.05, 0.1) is 19.0 Å². The Hall–Kier alpha value is -2.27. The van der Waals surface area contributed by atoms with E-state index in [0.29, 0.717) is 17.8 Å². The van der Waals surface area contributed by atoms with E-state index in [1.165, 1.54) is 6.20 Å². The molecule has 6 heteroatoms. The highest BCUT2D eigenvalue weighted by Gasteiger charge is 2.19. The number of ether oxygens (including phenoxy) is 1. The van der Waals surface area contributed by atoms with E-state index < -0.39 is 0 Å². The predicted octanol–water partition coefficient (Wildman–Crippen LogP) is 2.80. The largest absolute Gasteiger partial charge is 0.496 e. The summed E-state index contributed by atoms with van der Waals surface area (Å²) < 4.78 is 5.35. The predicted molar refractivity (Wildman–Crippen MR) is 94.2 cm³/mol. The van der Waals surface area contributed by atoms with Crippen LogP contribution in [0.15, 0.2) is 42.6 Å². The molecule has 1 aromatic heterocycles. The molecule has 0 spiro atoms. The first kappa shape index (κ1) is 18.8. The average molecular weight is 336 g/mol. The van der Waals surface area contributed by atoms with E-state index in [1.54, 1.807) is 31.2 Å². The topological polar surface area (TPSA) is 68.5 Å². The van der Waals surface area contributed by atoms with Gasteiger partial charge in [0.25, 0.3) is 5.91 Å². The number of anilines is 1. The van der Waals surface area contributed by atoms with Crippen molar-refractivity contribution >= 4 is 24.0 Å². The molecule has 1 heterocycles. The van der Waals surface area contributed by atoms with Crippen molar-refractivity contribution in [1.82, 2.24) is 9.88 Å². The molecule has 0 aliphatic carbocycles. The Bertz CT molecular complexity index is 647. The summed E-state index contributed by atoms with van der Waals surface area (Å²) in [4.78, 5) is 18.2. The molecule has 5 nitrogen and oxygen atoms in total. The van der Waals surface area contributed by atoms with Gasteiger partial charge in [-0.25, -0.2) is 4.98 Å². The lowest BCUT2D eigenvalue weighted by Crippen LogP contribution is -2.37. The normalized spacial score (nSPS) is 11.3. The number of halogens is 1. The number of benzene rings is 1. The Morgan fingerprint density at radius 3 is 2.61 bits per heavy atom. The van der Waals surface area contributed by atoms with Crippen LogP contribution in [0.3, 0.4) is 0 Å². The molecule has 1 amide bonds.